The number of benzene rings is 1. The van der Waals surface area contributed by atoms with E-state index < -0.39 is 5.60 Å². The summed E-state index contributed by atoms with van der Waals surface area (Å²) in [5.41, 5.74) is 0.629. The Morgan fingerprint density at radius 1 is 1.41 bits per heavy atom. The first kappa shape index (κ1) is 14.0. The minimum absolute atomic E-state index is 0.455. The monoisotopic (exact) mass is 296 g/mol. The molecule has 1 aromatic carbocycles. The summed E-state index contributed by atoms with van der Waals surface area (Å²) in [6.07, 6.45) is 1.38. The van der Waals surface area contributed by atoms with Crippen LogP contribution in [0.5, 0.6) is 0 Å². The average molecular weight is 297 g/mol. The highest BCUT2D eigenvalue weighted by molar-refractivity contribution is 9.10. The van der Waals surface area contributed by atoms with Crippen molar-refractivity contribution in [3.8, 4) is 6.07 Å². The molecule has 0 heterocycles. The zero-order chi connectivity index (χ0) is 12.9. The predicted molar refractivity (Wildman–Crippen MR) is 72.9 cm³/mol. The fourth-order valence-corrected chi connectivity index (χ4v) is 1.88. The number of nitrogens with zero attached hydrogens (tertiary/aromatic N) is 1. The summed E-state index contributed by atoms with van der Waals surface area (Å²) in [5.74, 6) is 0. The van der Waals surface area contributed by atoms with Gasteiger partial charge in [0.2, 0.25) is 0 Å². The molecule has 1 aromatic rings. The van der Waals surface area contributed by atoms with Crippen LogP contribution in [0.4, 0.5) is 5.69 Å². The standard InChI is InChI=1S/C13H17BrN2O/c1-3-13(17,4-2)9-16-12-6-5-11(14)7-10(12)8-15/h5-7,16-17H,3-4,9H2,1-2H3. The second kappa shape index (κ2) is 6.04. The van der Waals surface area contributed by atoms with Crippen LogP contribution in [0.1, 0.15) is 32.3 Å². The first-order valence-corrected chi connectivity index (χ1v) is 6.50. The Morgan fingerprint density at radius 3 is 2.59 bits per heavy atom. The van der Waals surface area contributed by atoms with Crippen LogP contribution in [0.3, 0.4) is 0 Å². The highest BCUT2D eigenvalue weighted by atomic mass is 79.9. The fourth-order valence-electron chi connectivity index (χ4n) is 1.52. The quantitative estimate of drug-likeness (QED) is 0.877. The molecule has 0 bridgehead atoms. The molecule has 0 aliphatic rings. The first-order valence-electron chi connectivity index (χ1n) is 5.70. The molecule has 0 saturated heterocycles. The summed E-state index contributed by atoms with van der Waals surface area (Å²) in [6, 6.07) is 7.61. The van der Waals surface area contributed by atoms with Gasteiger partial charge in [0.25, 0.3) is 0 Å². The first-order chi connectivity index (χ1) is 8.04. The topological polar surface area (TPSA) is 56.0 Å². The largest absolute Gasteiger partial charge is 0.388 e. The molecule has 0 amide bonds. The molecule has 0 atom stereocenters. The molecule has 0 aliphatic heterocycles. The van der Waals surface area contributed by atoms with Gasteiger partial charge in [-0.05, 0) is 31.0 Å². The molecule has 0 radical (unpaired) electrons. The predicted octanol–water partition coefficient (Wildman–Crippen LogP) is 3.28. The summed E-state index contributed by atoms with van der Waals surface area (Å²) in [4.78, 5) is 0. The molecule has 0 aliphatic carbocycles. The Labute approximate surface area is 111 Å². The second-order valence-corrected chi connectivity index (χ2v) is 5.00. The van der Waals surface area contributed by atoms with Gasteiger partial charge in [0.1, 0.15) is 6.07 Å². The lowest BCUT2D eigenvalue weighted by atomic mass is 9.97. The van der Waals surface area contributed by atoms with Crippen molar-refractivity contribution in [2.24, 2.45) is 0 Å². The summed E-state index contributed by atoms with van der Waals surface area (Å²) in [6.45, 7) is 4.37. The van der Waals surface area contributed by atoms with E-state index in [4.69, 9.17) is 5.26 Å². The molecule has 3 nitrogen and oxygen atoms in total. The Balaban J connectivity index is 2.80. The minimum atomic E-state index is -0.709. The Bertz CT molecular complexity index is 422. The zero-order valence-electron chi connectivity index (χ0n) is 10.1. The number of aliphatic hydroxyl groups is 1. The Morgan fingerprint density at radius 2 is 2.06 bits per heavy atom. The molecule has 0 saturated carbocycles. The van der Waals surface area contributed by atoms with Crippen LogP contribution in [0.2, 0.25) is 0 Å². The van der Waals surface area contributed by atoms with Gasteiger partial charge >= 0.3 is 0 Å². The molecule has 92 valence electrons. The van der Waals surface area contributed by atoms with E-state index in [2.05, 4.69) is 27.3 Å². The van der Waals surface area contributed by atoms with Gasteiger partial charge in [-0.25, -0.2) is 0 Å². The van der Waals surface area contributed by atoms with E-state index in [0.29, 0.717) is 24.9 Å². The van der Waals surface area contributed by atoms with Crippen molar-refractivity contribution in [3.63, 3.8) is 0 Å². The van der Waals surface area contributed by atoms with E-state index >= 15 is 0 Å². The van der Waals surface area contributed by atoms with Gasteiger partial charge in [-0.2, -0.15) is 5.26 Å². The maximum Gasteiger partial charge on any atom is 0.101 e. The Kier molecular flexibility index (Phi) is 4.98. The molecular weight excluding hydrogens is 280 g/mol. The summed E-state index contributed by atoms with van der Waals surface area (Å²) in [7, 11) is 0. The van der Waals surface area contributed by atoms with Crippen LogP contribution >= 0.6 is 15.9 Å². The molecule has 0 unspecified atom stereocenters. The van der Waals surface area contributed by atoms with Crippen molar-refractivity contribution >= 4 is 21.6 Å². The van der Waals surface area contributed by atoms with E-state index in [-0.39, 0.29) is 0 Å². The Hall–Kier alpha value is -1.05. The summed E-state index contributed by atoms with van der Waals surface area (Å²) >= 11 is 3.33. The van der Waals surface area contributed by atoms with Crippen LogP contribution < -0.4 is 5.32 Å². The third-order valence-electron chi connectivity index (χ3n) is 3.03. The maximum atomic E-state index is 10.2. The van der Waals surface area contributed by atoms with E-state index in [1.54, 1.807) is 6.07 Å². The van der Waals surface area contributed by atoms with Crippen molar-refractivity contribution in [3.05, 3.63) is 28.2 Å². The van der Waals surface area contributed by atoms with Crippen LogP contribution in [-0.2, 0) is 0 Å². The number of anilines is 1. The van der Waals surface area contributed by atoms with Gasteiger partial charge in [0.15, 0.2) is 0 Å². The van der Waals surface area contributed by atoms with Gasteiger partial charge in [-0.1, -0.05) is 29.8 Å². The number of hydrogen-bond donors (Lipinski definition) is 2. The lowest BCUT2D eigenvalue weighted by molar-refractivity contribution is 0.0457. The molecule has 0 aromatic heterocycles. The number of nitriles is 1. The summed E-state index contributed by atoms with van der Waals surface area (Å²) < 4.78 is 0.876. The average Bonchev–Trinajstić information content (AvgIpc) is 2.36. The van der Waals surface area contributed by atoms with Gasteiger partial charge in [0.05, 0.1) is 16.9 Å². The van der Waals surface area contributed by atoms with E-state index in [1.807, 2.05) is 26.0 Å². The van der Waals surface area contributed by atoms with Crippen LogP contribution in [0.15, 0.2) is 22.7 Å². The molecule has 17 heavy (non-hydrogen) atoms. The van der Waals surface area contributed by atoms with Gasteiger partial charge in [-0.3, -0.25) is 0 Å². The molecule has 1 rings (SSSR count). The fraction of sp³-hybridized carbons (Fsp3) is 0.462. The molecule has 0 spiro atoms. The molecule has 0 fully saturated rings. The second-order valence-electron chi connectivity index (χ2n) is 4.09. The van der Waals surface area contributed by atoms with E-state index in [9.17, 15) is 5.11 Å². The lowest BCUT2D eigenvalue weighted by Crippen LogP contribution is -2.35. The third-order valence-corrected chi connectivity index (χ3v) is 3.52. The minimum Gasteiger partial charge on any atom is -0.388 e. The van der Waals surface area contributed by atoms with Crippen LogP contribution in [0.25, 0.3) is 0 Å². The van der Waals surface area contributed by atoms with E-state index in [0.717, 1.165) is 10.2 Å². The maximum absolute atomic E-state index is 10.2. The van der Waals surface area contributed by atoms with E-state index in [1.165, 1.54) is 0 Å². The van der Waals surface area contributed by atoms with Crippen molar-refractivity contribution in [2.45, 2.75) is 32.3 Å². The molecule has 4 heteroatoms. The van der Waals surface area contributed by atoms with Crippen molar-refractivity contribution in [1.82, 2.24) is 0 Å². The van der Waals surface area contributed by atoms with Gasteiger partial charge in [-0.15, -0.1) is 0 Å². The normalized spacial score (nSPS) is 11.0. The third kappa shape index (κ3) is 3.72. The number of nitrogens with one attached hydrogen (secondary N) is 1. The van der Waals surface area contributed by atoms with Gasteiger partial charge < -0.3 is 10.4 Å². The highest BCUT2D eigenvalue weighted by Gasteiger charge is 2.21. The van der Waals surface area contributed by atoms with Crippen LogP contribution in [-0.4, -0.2) is 17.3 Å². The SMILES string of the molecule is CCC(O)(CC)CNc1ccc(Br)cc1C#N. The van der Waals surface area contributed by atoms with Crippen LogP contribution in [0, 0.1) is 11.3 Å². The van der Waals surface area contributed by atoms with Crippen molar-refractivity contribution in [2.75, 3.05) is 11.9 Å². The number of hydrogen-bond acceptors (Lipinski definition) is 3. The highest BCUT2D eigenvalue weighted by Crippen LogP contribution is 2.22. The van der Waals surface area contributed by atoms with Crippen molar-refractivity contribution in [1.29, 1.82) is 5.26 Å². The number of rotatable bonds is 5. The zero-order valence-corrected chi connectivity index (χ0v) is 11.7. The van der Waals surface area contributed by atoms with Gasteiger partial charge in [0, 0.05) is 11.0 Å². The smallest absolute Gasteiger partial charge is 0.101 e. The van der Waals surface area contributed by atoms with Crippen molar-refractivity contribution < 1.29 is 5.11 Å². The molecule has 2 N–H and O–H groups in total. The molecular formula is C13H17BrN2O. The number of halogens is 1. The summed E-state index contributed by atoms with van der Waals surface area (Å²) in [5, 5.41) is 22.3. The lowest BCUT2D eigenvalue weighted by Gasteiger charge is -2.26.